The van der Waals surface area contributed by atoms with Gasteiger partial charge in [0.25, 0.3) is 0 Å². The predicted molar refractivity (Wildman–Crippen MR) is 96.8 cm³/mol. The summed E-state index contributed by atoms with van der Waals surface area (Å²) in [4.78, 5) is 4.06. The van der Waals surface area contributed by atoms with Crippen LogP contribution < -0.4 is 10.1 Å². The molecule has 5 heteroatoms. The Bertz CT molecular complexity index is 670. The molecule has 25 heavy (non-hydrogen) atoms. The summed E-state index contributed by atoms with van der Waals surface area (Å²) in [6.45, 7) is 5.31. The first-order valence-corrected chi connectivity index (χ1v) is 8.78. The molecule has 0 spiro atoms. The maximum Gasteiger partial charge on any atom is 0.145 e. The Kier molecular flexibility index (Phi) is 6.02. The molecule has 2 aromatic rings. The van der Waals surface area contributed by atoms with Crippen molar-refractivity contribution in [2.24, 2.45) is 5.41 Å². The molecule has 1 aromatic heterocycles. The summed E-state index contributed by atoms with van der Waals surface area (Å²) in [5.74, 6) is 1.58. The second-order valence-corrected chi connectivity index (χ2v) is 6.76. The number of benzene rings is 1. The van der Waals surface area contributed by atoms with Crippen molar-refractivity contribution in [2.45, 2.75) is 26.3 Å². The zero-order valence-electron chi connectivity index (χ0n) is 14.7. The third-order valence-corrected chi connectivity index (χ3v) is 4.82. The van der Waals surface area contributed by atoms with Gasteiger partial charge in [0.1, 0.15) is 11.5 Å². The van der Waals surface area contributed by atoms with Crippen LogP contribution in [0.25, 0.3) is 0 Å². The lowest BCUT2D eigenvalue weighted by Crippen LogP contribution is -2.41. The maximum atomic E-state index is 9.74. The summed E-state index contributed by atoms with van der Waals surface area (Å²) in [6, 6.07) is 9.95. The monoisotopic (exact) mass is 342 g/mol. The van der Waals surface area contributed by atoms with Crippen molar-refractivity contribution < 1.29 is 14.6 Å². The Hall–Kier alpha value is -1.95. The Balaban J connectivity index is 1.56. The Labute approximate surface area is 149 Å². The molecular formula is C20H26N2O3. The molecule has 0 saturated carbocycles. The average molecular weight is 342 g/mol. The molecule has 2 N–H and O–H groups in total. The summed E-state index contributed by atoms with van der Waals surface area (Å²) in [7, 11) is 0. The average Bonchev–Trinajstić information content (AvgIpc) is 2.65. The summed E-state index contributed by atoms with van der Waals surface area (Å²) in [6.07, 6.45) is 5.25. The molecule has 0 bridgehead atoms. The molecule has 0 radical (unpaired) electrons. The van der Waals surface area contributed by atoms with Crippen molar-refractivity contribution >= 4 is 0 Å². The van der Waals surface area contributed by atoms with E-state index in [9.17, 15) is 5.11 Å². The number of ether oxygens (including phenoxy) is 2. The van der Waals surface area contributed by atoms with Gasteiger partial charge in [-0.15, -0.1) is 0 Å². The van der Waals surface area contributed by atoms with Gasteiger partial charge in [-0.1, -0.05) is 12.1 Å². The van der Waals surface area contributed by atoms with Gasteiger partial charge in [0.15, 0.2) is 0 Å². The molecule has 134 valence electrons. The molecule has 0 unspecified atom stereocenters. The number of aliphatic hydroxyl groups excluding tert-OH is 1. The summed E-state index contributed by atoms with van der Waals surface area (Å²) in [5, 5.41) is 13.2. The highest BCUT2D eigenvalue weighted by Crippen LogP contribution is 2.29. The van der Waals surface area contributed by atoms with Crippen molar-refractivity contribution in [3.05, 3.63) is 53.9 Å². The Morgan fingerprint density at radius 2 is 2.12 bits per heavy atom. The first kappa shape index (κ1) is 17.9. The first-order chi connectivity index (χ1) is 12.2. The van der Waals surface area contributed by atoms with Crippen LogP contribution in [0.2, 0.25) is 0 Å². The zero-order valence-corrected chi connectivity index (χ0v) is 14.7. The van der Waals surface area contributed by atoms with E-state index in [1.807, 2.05) is 25.1 Å². The van der Waals surface area contributed by atoms with Gasteiger partial charge in [-0.25, -0.2) is 0 Å². The standard InChI is InChI=1S/C20H26N2O3/c1-16-11-17(4-5-19(16)25-18-3-2-8-21-13-18)12-22-14-20(15-23)6-9-24-10-7-20/h2-5,8,11,13,22-23H,6-7,9-10,12,14-15H2,1H3. The minimum Gasteiger partial charge on any atom is -0.455 e. The minimum atomic E-state index is -0.0450. The molecule has 0 amide bonds. The van der Waals surface area contributed by atoms with Gasteiger partial charge in [0.05, 0.1) is 12.8 Å². The second kappa shape index (κ2) is 8.43. The van der Waals surface area contributed by atoms with Crippen molar-refractivity contribution in [2.75, 3.05) is 26.4 Å². The quantitative estimate of drug-likeness (QED) is 0.810. The van der Waals surface area contributed by atoms with Gasteiger partial charge in [-0.3, -0.25) is 4.98 Å². The molecule has 5 nitrogen and oxygen atoms in total. The van der Waals surface area contributed by atoms with Crippen molar-refractivity contribution in [3.63, 3.8) is 0 Å². The fraction of sp³-hybridized carbons (Fsp3) is 0.450. The SMILES string of the molecule is Cc1cc(CNCC2(CO)CCOCC2)ccc1Oc1cccnc1. The molecule has 1 aliphatic rings. The first-order valence-electron chi connectivity index (χ1n) is 8.78. The fourth-order valence-corrected chi connectivity index (χ4v) is 3.14. The lowest BCUT2D eigenvalue weighted by atomic mass is 9.81. The van der Waals surface area contributed by atoms with Gasteiger partial charge in [-0.05, 0) is 49.1 Å². The van der Waals surface area contributed by atoms with Crippen LogP contribution in [0.5, 0.6) is 11.5 Å². The van der Waals surface area contributed by atoms with Crippen molar-refractivity contribution in [1.29, 1.82) is 0 Å². The smallest absolute Gasteiger partial charge is 0.145 e. The third-order valence-electron chi connectivity index (χ3n) is 4.82. The highest BCUT2D eigenvalue weighted by atomic mass is 16.5. The van der Waals surface area contributed by atoms with Gasteiger partial charge in [0, 0.05) is 37.9 Å². The van der Waals surface area contributed by atoms with Crippen LogP contribution in [0.3, 0.4) is 0 Å². The molecular weight excluding hydrogens is 316 g/mol. The maximum absolute atomic E-state index is 9.74. The number of aliphatic hydroxyl groups is 1. The Morgan fingerprint density at radius 3 is 2.80 bits per heavy atom. The van der Waals surface area contributed by atoms with Gasteiger partial charge >= 0.3 is 0 Å². The van der Waals surface area contributed by atoms with E-state index in [0.717, 1.165) is 56.2 Å². The zero-order chi connectivity index (χ0) is 17.5. The fourth-order valence-electron chi connectivity index (χ4n) is 3.14. The molecule has 1 aromatic carbocycles. The number of aromatic nitrogens is 1. The molecule has 1 aliphatic heterocycles. The van der Waals surface area contributed by atoms with Gasteiger partial charge in [-0.2, -0.15) is 0 Å². The number of aryl methyl sites for hydroxylation is 1. The van der Waals surface area contributed by atoms with Crippen LogP contribution >= 0.6 is 0 Å². The van der Waals surface area contributed by atoms with E-state index in [1.165, 1.54) is 5.56 Å². The van der Waals surface area contributed by atoms with E-state index in [1.54, 1.807) is 12.4 Å². The summed E-state index contributed by atoms with van der Waals surface area (Å²) in [5.41, 5.74) is 2.25. The van der Waals surface area contributed by atoms with E-state index in [-0.39, 0.29) is 12.0 Å². The largest absolute Gasteiger partial charge is 0.455 e. The molecule has 1 saturated heterocycles. The molecule has 3 rings (SSSR count). The van der Waals surface area contributed by atoms with Crippen LogP contribution in [0, 0.1) is 12.3 Å². The van der Waals surface area contributed by atoms with E-state index in [4.69, 9.17) is 9.47 Å². The summed E-state index contributed by atoms with van der Waals surface area (Å²) < 4.78 is 11.3. The number of pyridine rings is 1. The molecule has 0 atom stereocenters. The topological polar surface area (TPSA) is 63.6 Å². The number of rotatable bonds is 7. The highest BCUT2D eigenvalue weighted by Gasteiger charge is 2.31. The number of hydrogen-bond donors (Lipinski definition) is 2. The van der Waals surface area contributed by atoms with Crippen LogP contribution in [0.4, 0.5) is 0 Å². The minimum absolute atomic E-state index is 0.0450. The van der Waals surface area contributed by atoms with E-state index < -0.39 is 0 Å². The van der Waals surface area contributed by atoms with Crippen LogP contribution in [-0.2, 0) is 11.3 Å². The van der Waals surface area contributed by atoms with Crippen LogP contribution in [-0.4, -0.2) is 36.5 Å². The predicted octanol–water partition coefficient (Wildman–Crippen LogP) is 3.06. The van der Waals surface area contributed by atoms with Gasteiger partial charge < -0.3 is 19.9 Å². The molecule has 2 heterocycles. The number of nitrogens with zero attached hydrogens (tertiary/aromatic N) is 1. The second-order valence-electron chi connectivity index (χ2n) is 6.76. The number of hydrogen-bond acceptors (Lipinski definition) is 5. The van der Waals surface area contributed by atoms with E-state index >= 15 is 0 Å². The van der Waals surface area contributed by atoms with Gasteiger partial charge in [0.2, 0.25) is 0 Å². The normalized spacial score (nSPS) is 16.6. The molecule has 0 aliphatic carbocycles. The summed E-state index contributed by atoms with van der Waals surface area (Å²) >= 11 is 0. The third kappa shape index (κ3) is 4.78. The highest BCUT2D eigenvalue weighted by molar-refractivity contribution is 5.39. The van der Waals surface area contributed by atoms with Crippen molar-refractivity contribution in [1.82, 2.24) is 10.3 Å². The Morgan fingerprint density at radius 1 is 1.28 bits per heavy atom. The van der Waals surface area contributed by atoms with Crippen molar-refractivity contribution in [3.8, 4) is 11.5 Å². The van der Waals surface area contributed by atoms with E-state index in [0.29, 0.717) is 0 Å². The molecule has 1 fully saturated rings. The van der Waals surface area contributed by atoms with Crippen LogP contribution in [0.1, 0.15) is 24.0 Å². The number of nitrogens with one attached hydrogen (secondary N) is 1. The van der Waals surface area contributed by atoms with E-state index in [2.05, 4.69) is 22.4 Å². The lowest BCUT2D eigenvalue weighted by Gasteiger charge is -2.35. The van der Waals surface area contributed by atoms with Crippen LogP contribution in [0.15, 0.2) is 42.7 Å². The lowest BCUT2D eigenvalue weighted by molar-refractivity contribution is -0.0154.